The number of nitrogens with zero attached hydrogens (tertiary/aromatic N) is 4. The first kappa shape index (κ1) is 27.1. The monoisotopic (exact) mass is 594 g/mol. The molecule has 0 radical (unpaired) electrons. The average Bonchev–Trinajstić information content (AvgIpc) is 3.63. The number of benzene rings is 6. The predicted octanol–water partition coefficient (Wildman–Crippen LogP) is 9.99. The van der Waals surface area contributed by atoms with E-state index in [-0.39, 0.29) is 0 Å². The smallest absolute Gasteiger partial charge is 0.197 e. The highest BCUT2D eigenvalue weighted by Crippen LogP contribution is 2.40. The number of para-hydroxylation sites is 2. The Morgan fingerprint density at radius 1 is 0.565 bits per heavy atom. The highest BCUT2D eigenvalue weighted by atomic mass is 16.5. The number of rotatable bonds is 5. The standard InChI is InChI=1S/C40H26N4O2/c1-42-36-21-27(44-38-11-7-5-9-33(38)35-23-29(46-3)15-19-40(35)44)13-17-31(36)30-16-12-26(20-25(30)24-41)43-37-10-6-4-8-32(37)34-22-28(45-2)14-18-39(34)43/h4-23H,2-3H3. The van der Waals surface area contributed by atoms with Crippen LogP contribution in [0.25, 0.3) is 71.0 Å². The number of hydrogen-bond acceptors (Lipinski definition) is 3. The molecule has 6 aromatic carbocycles. The van der Waals surface area contributed by atoms with Crippen LogP contribution >= 0.6 is 0 Å². The highest BCUT2D eigenvalue weighted by molar-refractivity contribution is 6.11. The molecule has 0 atom stereocenters. The van der Waals surface area contributed by atoms with Crippen LogP contribution in [-0.4, -0.2) is 23.4 Å². The van der Waals surface area contributed by atoms with Crippen molar-refractivity contribution in [2.45, 2.75) is 0 Å². The number of aromatic nitrogens is 2. The summed E-state index contributed by atoms with van der Waals surface area (Å²) in [6.07, 6.45) is 0. The third-order valence-corrected chi connectivity index (χ3v) is 8.79. The van der Waals surface area contributed by atoms with Gasteiger partial charge in [0.15, 0.2) is 5.69 Å². The molecule has 6 nitrogen and oxygen atoms in total. The van der Waals surface area contributed by atoms with Crippen molar-refractivity contribution >= 4 is 49.3 Å². The van der Waals surface area contributed by atoms with Gasteiger partial charge in [-0.2, -0.15) is 5.26 Å². The Labute approximate surface area is 265 Å². The summed E-state index contributed by atoms with van der Waals surface area (Å²) >= 11 is 0. The molecule has 0 unspecified atom stereocenters. The first-order chi connectivity index (χ1) is 22.6. The summed E-state index contributed by atoms with van der Waals surface area (Å²) in [5, 5.41) is 14.7. The van der Waals surface area contributed by atoms with Crippen LogP contribution in [0.2, 0.25) is 0 Å². The fourth-order valence-corrected chi connectivity index (χ4v) is 6.69. The Morgan fingerprint density at radius 3 is 1.59 bits per heavy atom. The van der Waals surface area contributed by atoms with E-state index in [1.54, 1.807) is 14.2 Å². The SMILES string of the molecule is [C-]#[N+]c1cc(-n2c3ccccc3c3cc(OC)ccc32)ccc1-c1ccc(-n2c3ccccc3c3cc(OC)ccc32)cc1C#N. The fraction of sp³-hybridized carbons (Fsp3) is 0.0500. The van der Waals surface area contributed by atoms with E-state index in [2.05, 4.69) is 56.4 Å². The van der Waals surface area contributed by atoms with Crippen molar-refractivity contribution in [2.75, 3.05) is 14.2 Å². The van der Waals surface area contributed by atoms with Crippen molar-refractivity contribution in [3.63, 3.8) is 0 Å². The van der Waals surface area contributed by atoms with Crippen LogP contribution in [-0.2, 0) is 0 Å². The van der Waals surface area contributed by atoms with Crippen molar-refractivity contribution in [2.24, 2.45) is 0 Å². The Hall–Kier alpha value is -6.50. The van der Waals surface area contributed by atoms with Crippen molar-refractivity contribution in [3.05, 3.63) is 138 Å². The summed E-state index contributed by atoms with van der Waals surface area (Å²) in [4.78, 5) is 3.94. The number of methoxy groups -OCH3 is 2. The zero-order chi connectivity index (χ0) is 31.4. The van der Waals surface area contributed by atoms with E-state index in [0.29, 0.717) is 11.3 Å². The van der Waals surface area contributed by atoms with Crippen LogP contribution < -0.4 is 9.47 Å². The lowest BCUT2D eigenvalue weighted by atomic mass is 9.97. The molecule has 0 aliphatic carbocycles. The van der Waals surface area contributed by atoms with Gasteiger partial charge in [0, 0.05) is 32.9 Å². The molecule has 2 heterocycles. The number of fused-ring (bicyclic) bond motifs is 6. The van der Waals surface area contributed by atoms with Gasteiger partial charge in [-0.3, -0.25) is 0 Å². The molecule has 8 rings (SSSR count). The summed E-state index contributed by atoms with van der Waals surface area (Å²) in [7, 11) is 3.34. The zero-order valence-electron chi connectivity index (χ0n) is 25.2. The molecule has 0 N–H and O–H groups in total. The molecule has 2 aromatic heterocycles. The lowest BCUT2D eigenvalue weighted by Gasteiger charge is -2.14. The predicted molar refractivity (Wildman–Crippen MR) is 185 cm³/mol. The summed E-state index contributed by atoms with van der Waals surface area (Å²) in [5.41, 5.74) is 8.29. The van der Waals surface area contributed by atoms with E-state index in [4.69, 9.17) is 16.0 Å². The van der Waals surface area contributed by atoms with Crippen molar-refractivity contribution in [1.82, 2.24) is 9.13 Å². The van der Waals surface area contributed by atoms with Crippen LogP contribution in [0.4, 0.5) is 5.69 Å². The first-order valence-corrected chi connectivity index (χ1v) is 14.8. The topological polar surface area (TPSA) is 56.5 Å². The van der Waals surface area contributed by atoms with Gasteiger partial charge in [0.1, 0.15) is 11.5 Å². The number of ether oxygens (including phenoxy) is 2. The van der Waals surface area contributed by atoms with Gasteiger partial charge in [-0.1, -0.05) is 48.5 Å². The van der Waals surface area contributed by atoms with Gasteiger partial charge in [0.25, 0.3) is 0 Å². The minimum atomic E-state index is 0.477. The highest BCUT2D eigenvalue weighted by Gasteiger charge is 2.18. The molecule has 0 aliphatic rings. The van der Waals surface area contributed by atoms with E-state index < -0.39 is 0 Å². The van der Waals surface area contributed by atoms with Gasteiger partial charge < -0.3 is 18.6 Å². The molecule has 0 amide bonds. The molecule has 0 bridgehead atoms. The van der Waals surface area contributed by atoms with Gasteiger partial charge in [-0.05, 0) is 83.9 Å². The number of hydrogen-bond donors (Lipinski definition) is 0. The third kappa shape index (κ3) is 4.02. The lowest BCUT2D eigenvalue weighted by Crippen LogP contribution is -1.97. The van der Waals surface area contributed by atoms with Crippen molar-refractivity contribution in [3.8, 4) is 40.1 Å². The van der Waals surface area contributed by atoms with Gasteiger partial charge in [-0.15, -0.1) is 0 Å². The second-order valence-corrected chi connectivity index (χ2v) is 11.1. The van der Waals surface area contributed by atoms with Gasteiger partial charge in [0.2, 0.25) is 0 Å². The Morgan fingerprint density at radius 2 is 1.07 bits per heavy atom. The van der Waals surface area contributed by atoms with E-state index in [0.717, 1.165) is 77.6 Å². The third-order valence-electron chi connectivity index (χ3n) is 8.79. The number of nitriles is 1. The maximum atomic E-state index is 10.4. The Balaban J connectivity index is 1.28. The summed E-state index contributed by atoms with van der Waals surface area (Å²) in [5.74, 6) is 1.58. The Kier molecular flexibility index (Phi) is 6.23. The van der Waals surface area contributed by atoms with Crippen LogP contribution in [0.5, 0.6) is 11.5 Å². The van der Waals surface area contributed by atoms with Crippen molar-refractivity contribution in [1.29, 1.82) is 5.26 Å². The second-order valence-electron chi connectivity index (χ2n) is 11.1. The van der Waals surface area contributed by atoms with Crippen LogP contribution in [0.15, 0.2) is 121 Å². The van der Waals surface area contributed by atoms with Gasteiger partial charge in [0.05, 0.1) is 54.5 Å². The second kappa shape index (κ2) is 10.6. The van der Waals surface area contributed by atoms with E-state index >= 15 is 0 Å². The molecule has 8 aromatic rings. The zero-order valence-corrected chi connectivity index (χ0v) is 25.2. The lowest BCUT2D eigenvalue weighted by molar-refractivity contribution is 0.415. The molecule has 0 fully saturated rings. The average molecular weight is 595 g/mol. The Bertz CT molecular complexity index is 2410. The molecule has 218 valence electrons. The normalized spacial score (nSPS) is 11.2. The molecular weight excluding hydrogens is 568 g/mol. The summed E-state index contributed by atoms with van der Waals surface area (Å²) in [6, 6.07) is 42.8. The summed E-state index contributed by atoms with van der Waals surface area (Å²) in [6.45, 7) is 8.13. The van der Waals surface area contributed by atoms with Crippen LogP contribution in [0, 0.1) is 17.9 Å². The van der Waals surface area contributed by atoms with E-state index in [9.17, 15) is 5.26 Å². The van der Waals surface area contributed by atoms with Crippen molar-refractivity contribution < 1.29 is 9.47 Å². The van der Waals surface area contributed by atoms with Crippen LogP contribution in [0.1, 0.15) is 5.56 Å². The molecule has 0 saturated heterocycles. The molecule has 46 heavy (non-hydrogen) atoms. The minimum absolute atomic E-state index is 0.477. The van der Waals surface area contributed by atoms with Gasteiger partial charge >= 0.3 is 0 Å². The maximum Gasteiger partial charge on any atom is 0.197 e. The molecule has 0 saturated carbocycles. The molecule has 6 heteroatoms. The molecule has 0 aliphatic heterocycles. The van der Waals surface area contributed by atoms with Crippen LogP contribution in [0.3, 0.4) is 0 Å². The fourth-order valence-electron chi connectivity index (χ4n) is 6.69. The van der Waals surface area contributed by atoms with E-state index in [1.807, 2.05) is 84.9 Å². The largest absolute Gasteiger partial charge is 0.497 e. The first-order valence-electron chi connectivity index (χ1n) is 14.8. The maximum absolute atomic E-state index is 10.4. The molecular formula is C40H26N4O2. The quantitative estimate of drug-likeness (QED) is 0.186. The summed E-state index contributed by atoms with van der Waals surface area (Å²) < 4.78 is 15.4. The molecule has 0 spiro atoms. The van der Waals surface area contributed by atoms with E-state index in [1.165, 1.54) is 0 Å². The van der Waals surface area contributed by atoms with Gasteiger partial charge in [-0.25, -0.2) is 4.85 Å². The minimum Gasteiger partial charge on any atom is -0.497 e.